The number of alkyl carbamates (subject to hydrolysis) is 1. The number of hydrogen-bond donors (Lipinski definition) is 3. The quantitative estimate of drug-likeness (QED) is 0.357. The van der Waals surface area contributed by atoms with Crippen molar-refractivity contribution in [3.05, 3.63) is 29.8 Å². The van der Waals surface area contributed by atoms with E-state index in [1.54, 1.807) is 39.0 Å². The first kappa shape index (κ1) is 31.3. The maximum atomic E-state index is 14.1. The molecular formula is C28H47N3O5. The van der Waals surface area contributed by atoms with Crippen molar-refractivity contribution in [2.75, 3.05) is 0 Å². The second-order valence-corrected chi connectivity index (χ2v) is 11.0. The van der Waals surface area contributed by atoms with Crippen LogP contribution in [0.25, 0.3) is 0 Å². The molecule has 0 aromatic heterocycles. The van der Waals surface area contributed by atoms with E-state index in [4.69, 9.17) is 4.74 Å². The van der Waals surface area contributed by atoms with E-state index in [-0.39, 0.29) is 29.7 Å². The first-order valence-corrected chi connectivity index (χ1v) is 13.1. The molecule has 0 spiro atoms. The van der Waals surface area contributed by atoms with E-state index >= 15 is 0 Å². The van der Waals surface area contributed by atoms with Gasteiger partial charge in [0.1, 0.15) is 23.4 Å². The average molecular weight is 506 g/mol. The van der Waals surface area contributed by atoms with Crippen LogP contribution in [0.2, 0.25) is 0 Å². The number of benzene rings is 1. The molecule has 0 aliphatic rings. The monoisotopic (exact) mass is 505 g/mol. The van der Waals surface area contributed by atoms with Crippen LogP contribution in [0.3, 0.4) is 0 Å². The zero-order chi connectivity index (χ0) is 27.6. The molecule has 1 aromatic rings. The lowest BCUT2D eigenvalue weighted by Crippen LogP contribution is -2.56. The van der Waals surface area contributed by atoms with Crippen LogP contribution in [-0.4, -0.2) is 51.6 Å². The molecule has 0 aliphatic carbocycles. The van der Waals surface area contributed by atoms with Gasteiger partial charge in [0.15, 0.2) is 0 Å². The van der Waals surface area contributed by atoms with Crippen LogP contribution in [0.1, 0.15) is 99.6 Å². The molecule has 204 valence electrons. The Labute approximate surface area is 217 Å². The fraction of sp³-hybridized carbons (Fsp3) is 0.679. The van der Waals surface area contributed by atoms with E-state index in [9.17, 15) is 19.5 Å². The lowest BCUT2D eigenvalue weighted by atomic mass is 9.96. The Hall–Kier alpha value is -2.77. The van der Waals surface area contributed by atoms with Gasteiger partial charge in [-0.1, -0.05) is 52.3 Å². The molecule has 4 atom stereocenters. The molecule has 0 fully saturated rings. The first-order chi connectivity index (χ1) is 16.7. The highest BCUT2D eigenvalue weighted by molar-refractivity contribution is 5.92. The number of nitrogens with one attached hydrogen (secondary N) is 2. The summed E-state index contributed by atoms with van der Waals surface area (Å²) in [7, 11) is 0. The van der Waals surface area contributed by atoms with Crippen molar-refractivity contribution in [3.8, 4) is 5.75 Å². The van der Waals surface area contributed by atoms with Crippen LogP contribution < -0.4 is 10.6 Å². The zero-order valence-corrected chi connectivity index (χ0v) is 23.6. The third kappa shape index (κ3) is 9.70. The number of phenolic OH excluding ortho intramolecular Hbond substituents is 1. The number of amides is 3. The summed E-state index contributed by atoms with van der Waals surface area (Å²) in [5.74, 6) is -0.737. The second kappa shape index (κ2) is 14.1. The molecule has 0 saturated carbocycles. The van der Waals surface area contributed by atoms with Gasteiger partial charge >= 0.3 is 6.09 Å². The van der Waals surface area contributed by atoms with Crippen molar-refractivity contribution in [3.63, 3.8) is 0 Å². The summed E-state index contributed by atoms with van der Waals surface area (Å²) >= 11 is 0. The minimum Gasteiger partial charge on any atom is -0.508 e. The molecule has 3 amide bonds. The molecule has 8 nitrogen and oxygen atoms in total. The summed E-state index contributed by atoms with van der Waals surface area (Å²) in [4.78, 5) is 41.9. The van der Waals surface area contributed by atoms with Crippen molar-refractivity contribution in [2.24, 2.45) is 5.92 Å². The van der Waals surface area contributed by atoms with E-state index < -0.39 is 29.7 Å². The van der Waals surface area contributed by atoms with Gasteiger partial charge in [-0.2, -0.15) is 0 Å². The van der Waals surface area contributed by atoms with Crippen LogP contribution in [0, 0.1) is 5.92 Å². The number of carbonyl (C=O) groups excluding carboxylic acids is 3. The van der Waals surface area contributed by atoms with Crippen molar-refractivity contribution in [1.29, 1.82) is 0 Å². The van der Waals surface area contributed by atoms with E-state index in [1.165, 1.54) is 11.0 Å². The summed E-state index contributed by atoms with van der Waals surface area (Å²) in [6.45, 7) is 17.0. The summed E-state index contributed by atoms with van der Waals surface area (Å²) < 4.78 is 5.42. The zero-order valence-electron chi connectivity index (χ0n) is 23.6. The SMILES string of the molecule is CCCC(C)NC(=O)C(c1ccccc1O)N(C(=O)C(CC(C)C)NC(=O)OC(C)(C)C)C(C)CC. The number of carbonyl (C=O) groups is 3. The smallest absolute Gasteiger partial charge is 0.408 e. The number of nitrogens with zero attached hydrogens (tertiary/aromatic N) is 1. The van der Waals surface area contributed by atoms with E-state index in [0.717, 1.165) is 12.8 Å². The summed E-state index contributed by atoms with van der Waals surface area (Å²) in [5, 5.41) is 16.5. The van der Waals surface area contributed by atoms with Crippen molar-refractivity contribution in [2.45, 2.75) is 118 Å². The topological polar surface area (TPSA) is 108 Å². The number of aromatic hydroxyl groups is 1. The molecule has 0 heterocycles. The molecule has 1 rings (SSSR count). The van der Waals surface area contributed by atoms with Gasteiger partial charge in [0.25, 0.3) is 0 Å². The third-order valence-corrected chi connectivity index (χ3v) is 5.88. The fourth-order valence-electron chi connectivity index (χ4n) is 4.08. The van der Waals surface area contributed by atoms with Crippen LogP contribution in [0.15, 0.2) is 24.3 Å². The number of phenols is 1. The number of ether oxygens (including phenoxy) is 1. The van der Waals surface area contributed by atoms with E-state index in [2.05, 4.69) is 10.6 Å². The predicted molar refractivity (Wildman–Crippen MR) is 143 cm³/mol. The van der Waals surface area contributed by atoms with Crippen LogP contribution in [0.4, 0.5) is 4.79 Å². The number of hydrogen-bond acceptors (Lipinski definition) is 5. The lowest BCUT2D eigenvalue weighted by Gasteiger charge is -2.39. The summed E-state index contributed by atoms with van der Waals surface area (Å²) in [6.07, 6.45) is 1.94. The highest BCUT2D eigenvalue weighted by atomic mass is 16.6. The van der Waals surface area contributed by atoms with Gasteiger partial charge < -0.3 is 25.4 Å². The molecule has 8 heteroatoms. The van der Waals surface area contributed by atoms with Crippen LogP contribution in [0.5, 0.6) is 5.75 Å². The molecular weight excluding hydrogens is 458 g/mol. The number of rotatable bonds is 12. The van der Waals surface area contributed by atoms with Gasteiger partial charge in [-0.05, 0) is 65.9 Å². The minimum atomic E-state index is -1.07. The highest BCUT2D eigenvalue weighted by Crippen LogP contribution is 2.32. The van der Waals surface area contributed by atoms with Gasteiger partial charge in [-0.3, -0.25) is 9.59 Å². The lowest BCUT2D eigenvalue weighted by molar-refractivity contribution is -0.145. The predicted octanol–water partition coefficient (Wildman–Crippen LogP) is 5.30. The van der Waals surface area contributed by atoms with Crippen molar-refractivity contribution >= 4 is 17.9 Å². The molecule has 0 saturated heterocycles. The molecule has 0 bridgehead atoms. The summed E-state index contributed by atoms with van der Waals surface area (Å²) in [6, 6.07) is 4.16. The minimum absolute atomic E-state index is 0.0672. The van der Waals surface area contributed by atoms with Crippen molar-refractivity contribution < 1.29 is 24.2 Å². The largest absolute Gasteiger partial charge is 0.508 e. The third-order valence-electron chi connectivity index (χ3n) is 5.88. The Morgan fingerprint density at radius 1 is 1.03 bits per heavy atom. The standard InChI is InChI=1S/C28H47N3O5/c1-10-14-19(5)29-25(33)24(21-15-12-13-16-23(21)32)31(20(6)11-2)26(34)22(17-18(3)4)30-27(35)36-28(7,8)9/h12-13,15-16,18-20,22,24,32H,10-11,14,17H2,1-9H3,(H,29,33)(H,30,35). The van der Waals surface area contributed by atoms with Gasteiger partial charge in [-0.25, -0.2) is 4.79 Å². The highest BCUT2D eigenvalue weighted by Gasteiger charge is 2.39. The summed E-state index contributed by atoms with van der Waals surface area (Å²) in [5.41, 5.74) is -0.382. The van der Waals surface area contributed by atoms with Crippen LogP contribution >= 0.6 is 0 Å². The Bertz CT molecular complexity index is 865. The molecule has 3 N–H and O–H groups in total. The number of para-hydroxylation sites is 1. The van der Waals surface area contributed by atoms with Gasteiger partial charge in [-0.15, -0.1) is 0 Å². The van der Waals surface area contributed by atoms with E-state index in [1.807, 2.05) is 41.5 Å². The molecule has 1 aromatic carbocycles. The molecule has 0 radical (unpaired) electrons. The van der Waals surface area contributed by atoms with Gasteiger partial charge in [0.05, 0.1) is 0 Å². The molecule has 0 aliphatic heterocycles. The average Bonchev–Trinajstić information content (AvgIpc) is 2.75. The van der Waals surface area contributed by atoms with Gasteiger partial charge in [0, 0.05) is 17.6 Å². The fourth-order valence-corrected chi connectivity index (χ4v) is 4.08. The first-order valence-electron chi connectivity index (χ1n) is 13.1. The molecule has 4 unspecified atom stereocenters. The van der Waals surface area contributed by atoms with Crippen LogP contribution in [-0.2, 0) is 14.3 Å². The Morgan fingerprint density at radius 2 is 1.64 bits per heavy atom. The van der Waals surface area contributed by atoms with Crippen molar-refractivity contribution in [1.82, 2.24) is 15.5 Å². The maximum absolute atomic E-state index is 14.1. The Kier molecular flexibility index (Phi) is 12.2. The van der Waals surface area contributed by atoms with Gasteiger partial charge in [0.2, 0.25) is 11.8 Å². The second-order valence-electron chi connectivity index (χ2n) is 11.0. The Morgan fingerprint density at radius 3 is 2.14 bits per heavy atom. The Balaban J connectivity index is 3.55. The normalized spacial score (nSPS) is 14.9. The van der Waals surface area contributed by atoms with E-state index in [0.29, 0.717) is 18.4 Å². The maximum Gasteiger partial charge on any atom is 0.408 e. The molecule has 36 heavy (non-hydrogen) atoms.